The van der Waals surface area contributed by atoms with Gasteiger partial charge >= 0.3 is 11.9 Å². The molecule has 0 unspecified atom stereocenters. The van der Waals surface area contributed by atoms with Crippen molar-refractivity contribution in [3.63, 3.8) is 0 Å². The number of nitro benzene ring substituents is 1. The average molecular weight is 364 g/mol. The molecule has 138 valence electrons. The fraction of sp³-hybridized carbons (Fsp3) is 0.375. The Morgan fingerprint density at radius 3 is 2.27 bits per heavy atom. The van der Waals surface area contributed by atoms with Gasteiger partial charge in [-0.3, -0.25) is 10.1 Å². The summed E-state index contributed by atoms with van der Waals surface area (Å²) in [6.45, 7) is 3.62. The molecule has 1 aromatic carbocycles. The normalized spacial score (nSPS) is 18.3. The Hall–Kier alpha value is -3.30. The molecule has 26 heavy (non-hydrogen) atoms. The smallest absolute Gasteiger partial charge is 0.350 e. The lowest BCUT2D eigenvalue weighted by atomic mass is 10.2. The maximum atomic E-state index is 11.9. The van der Waals surface area contributed by atoms with Crippen molar-refractivity contribution in [2.24, 2.45) is 0 Å². The number of anilines is 1. The van der Waals surface area contributed by atoms with Crippen molar-refractivity contribution in [1.82, 2.24) is 0 Å². The summed E-state index contributed by atoms with van der Waals surface area (Å²) >= 11 is 0. The quantitative estimate of drug-likeness (QED) is 0.281. The van der Waals surface area contributed by atoms with Gasteiger partial charge in [-0.15, -0.1) is 0 Å². The molecular weight excluding hydrogens is 348 g/mol. The second kappa shape index (κ2) is 6.54. The second-order valence-corrected chi connectivity index (χ2v) is 6.00. The van der Waals surface area contributed by atoms with Crippen LogP contribution in [-0.2, 0) is 19.1 Å². The lowest BCUT2D eigenvalue weighted by Gasteiger charge is -2.29. The van der Waals surface area contributed by atoms with E-state index in [-0.39, 0.29) is 17.1 Å². The predicted molar refractivity (Wildman–Crippen MR) is 86.7 cm³/mol. The van der Waals surface area contributed by atoms with E-state index in [1.54, 1.807) is 0 Å². The van der Waals surface area contributed by atoms with Gasteiger partial charge in [-0.25, -0.2) is 9.59 Å². The third-order valence-electron chi connectivity index (χ3n) is 3.55. The highest BCUT2D eigenvalue weighted by atomic mass is 16.7. The number of fused-ring (bicyclic) bond motifs is 1. The number of cyclic esters (lactones) is 2. The molecule has 1 aromatic rings. The van der Waals surface area contributed by atoms with Crippen molar-refractivity contribution < 1.29 is 33.5 Å². The van der Waals surface area contributed by atoms with Crippen LogP contribution in [0.3, 0.4) is 0 Å². The van der Waals surface area contributed by atoms with Gasteiger partial charge in [-0.05, 0) is 0 Å². The maximum absolute atomic E-state index is 11.9. The summed E-state index contributed by atoms with van der Waals surface area (Å²) in [6, 6.07) is 2.60. The van der Waals surface area contributed by atoms with Crippen LogP contribution in [0.5, 0.6) is 11.5 Å². The van der Waals surface area contributed by atoms with Gasteiger partial charge in [0.2, 0.25) is 0 Å². The van der Waals surface area contributed by atoms with Crippen LogP contribution in [0, 0.1) is 10.1 Å². The first-order valence-electron chi connectivity index (χ1n) is 7.78. The van der Waals surface area contributed by atoms with E-state index in [1.165, 1.54) is 26.0 Å². The number of nitro groups is 1. The molecule has 0 bridgehead atoms. The molecule has 2 aliphatic heterocycles. The third kappa shape index (κ3) is 3.53. The Balaban J connectivity index is 1.92. The molecule has 0 radical (unpaired) electrons. The number of carbonyl (C=O) groups is 2. The van der Waals surface area contributed by atoms with E-state index in [1.807, 2.05) is 0 Å². The lowest BCUT2D eigenvalue weighted by Crippen LogP contribution is -2.42. The number of carbonyl (C=O) groups excluding carboxylic acids is 2. The van der Waals surface area contributed by atoms with E-state index in [2.05, 4.69) is 5.32 Å². The Bertz CT molecular complexity index is 793. The minimum Gasteiger partial charge on any atom is -0.489 e. The Morgan fingerprint density at radius 2 is 1.69 bits per heavy atom. The molecule has 2 aliphatic rings. The van der Waals surface area contributed by atoms with Crippen molar-refractivity contribution in [2.75, 3.05) is 18.5 Å². The van der Waals surface area contributed by atoms with Crippen molar-refractivity contribution in [2.45, 2.75) is 26.1 Å². The highest BCUT2D eigenvalue weighted by Crippen LogP contribution is 2.39. The van der Waals surface area contributed by atoms with E-state index >= 15 is 0 Å². The van der Waals surface area contributed by atoms with Crippen molar-refractivity contribution >= 4 is 23.3 Å². The van der Waals surface area contributed by atoms with Crippen LogP contribution in [-0.4, -0.2) is 35.9 Å². The summed E-state index contributed by atoms with van der Waals surface area (Å²) in [5.74, 6) is -2.58. The molecule has 3 rings (SSSR count). The van der Waals surface area contributed by atoms with Crippen LogP contribution in [0.15, 0.2) is 23.9 Å². The largest absolute Gasteiger partial charge is 0.489 e. The summed E-state index contributed by atoms with van der Waals surface area (Å²) in [5, 5.41) is 13.9. The minimum atomic E-state index is -1.37. The van der Waals surface area contributed by atoms with Gasteiger partial charge in [0.25, 0.3) is 11.5 Å². The molecule has 0 spiro atoms. The SMILES string of the molecule is CC1(C)OC(=O)C(=CNc2cc3c(cc2[N+](=O)[O-])OCCCO3)C(=O)O1. The predicted octanol–water partition coefficient (Wildman–Crippen LogP) is 1.89. The van der Waals surface area contributed by atoms with Crippen LogP contribution in [0.2, 0.25) is 0 Å². The molecule has 0 atom stereocenters. The van der Waals surface area contributed by atoms with Gasteiger partial charge in [0.15, 0.2) is 17.1 Å². The van der Waals surface area contributed by atoms with E-state index in [4.69, 9.17) is 18.9 Å². The zero-order valence-corrected chi connectivity index (χ0v) is 14.1. The van der Waals surface area contributed by atoms with Gasteiger partial charge < -0.3 is 24.3 Å². The summed E-state index contributed by atoms with van der Waals surface area (Å²) in [5.41, 5.74) is -0.688. The fourth-order valence-electron chi connectivity index (χ4n) is 2.39. The van der Waals surface area contributed by atoms with E-state index in [0.717, 1.165) is 6.20 Å². The first-order chi connectivity index (χ1) is 12.3. The number of nitrogens with one attached hydrogen (secondary N) is 1. The molecule has 2 heterocycles. The van der Waals surface area contributed by atoms with Crippen LogP contribution in [0.25, 0.3) is 0 Å². The van der Waals surface area contributed by atoms with Crippen molar-refractivity contribution in [3.05, 3.63) is 34.0 Å². The van der Waals surface area contributed by atoms with E-state index in [0.29, 0.717) is 25.4 Å². The summed E-state index contributed by atoms with van der Waals surface area (Å²) in [6.07, 6.45) is 1.65. The summed E-state index contributed by atoms with van der Waals surface area (Å²) in [4.78, 5) is 34.6. The third-order valence-corrected chi connectivity index (χ3v) is 3.55. The van der Waals surface area contributed by atoms with E-state index < -0.39 is 28.2 Å². The Labute approximate surface area is 147 Å². The molecule has 1 fully saturated rings. The monoisotopic (exact) mass is 364 g/mol. The number of nitrogens with zero attached hydrogens (tertiary/aromatic N) is 1. The van der Waals surface area contributed by atoms with Gasteiger partial charge in [0.1, 0.15) is 5.69 Å². The number of ether oxygens (including phenoxy) is 4. The number of esters is 2. The van der Waals surface area contributed by atoms with Crippen LogP contribution >= 0.6 is 0 Å². The van der Waals surface area contributed by atoms with Crippen molar-refractivity contribution in [1.29, 1.82) is 0 Å². The lowest BCUT2D eigenvalue weighted by molar-refractivity contribution is -0.384. The summed E-state index contributed by atoms with van der Waals surface area (Å²) < 4.78 is 20.8. The van der Waals surface area contributed by atoms with E-state index in [9.17, 15) is 19.7 Å². The summed E-state index contributed by atoms with van der Waals surface area (Å²) in [7, 11) is 0. The number of hydrogen-bond donors (Lipinski definition) is 1. The van der Waals surface area contributed by atoms with Crippen LogP contribution in [0.1, 0.15) is 20.3 Å². The van der Waals surface area contributed by atoms with Gasteiger partial charge in [0, 0.05) is 32.5 Å². The molecule has 1 saturated heterocycles. The maximum Gasteiger partial charge on any atom is 0.350 e. The molecule has 0 amide bonds. The number of rotatable bonds is 3. The number of hydrogen-bond acceptors (Lipinski definition) is 9. The second-order valence-electron chi connectivity index (χ2n) is 6.00. The first-order valence-corrected chi connectivity index (χ1v) is 7.78. The highest BCUT2D eigenvalue weighted by Gasteiger charge is 2.39. The molecule has 0 aromatic heterocycles. The van der Waals surface area contributed by atoms with Gasteiger partial charge in [0.05, 0.1) is 24.2 Å². The molecule has 0 saturated carbocycles. The molecule has 1 N–H and O–H groups in total. The van der Waals surface area contributed by atoms with Crippen molar-refractivity contribution in [3.8, 4) is 11.5 Å². The molecular formula is C16H16N2O8. The van der Waals surface area contributed by atoms with Gasteiger partial charge in [-0.2, -0.15) is 0 Å². The zero-order chi connectivity index (χ0) is 18.9. The molecule has 10 heteroatoms. The highest BCUT2D eigenvalue weighted by molar-refractivity contribution is 6.15. The minimum absolute atomic E-state index is 0.0252. The van der Waals surface area contributed by atoms with Crippen LogP contribution in [0.4, 0.5) is 11.4 Å². The standard InChI is InChI=1S/C16H16N2O8/c1-16(2)25-14(19)9(15(20)26-16)8-17-10-6-12-13(7-11(10)18(21)22)24-5-3-4-23-12/h6-8,17H,3-5H2,1-2H3. The van der Waals surface area contributed by atoms with Crippen LogP contribution < -0.4 is 14.8 Å². The molecule has 10 nitrogen and oxygen atoms in total. The number of benzene rings is 1. The average Bonchev–Trinajstić information content (AvgIpc) is 2.76. The Morgan fingerprint density at radius 1 is 1.12 bits per heavy atom. The Kier molecular flexibility index (Phi) is 4.41. The fourth-order valence-corrected chi connectivity index (χ4v) is 2.39. The molecule has 0 aliphatic carbocycles. The van der Waals surface area contributed by atoms with Gasteiger partial charge in [-0.1, -0.05) is 0 Å². The topological polar surface area (TPSA) is 126 Å². The first kappa shape index (κ1) is 17.5. The zero-order valence-electron chi connectivity index (χ0n) is 14.1.